The third-order valence-corrected chi connectivity index (χ3v) is 3.35. The predicted molar refractivity (Wildman–Crippen MR) is 50.0 cm³/mol. The second-order valence-electron chi connectivity index (χ2n) is 3.01. The molecule has 1 nitrogen and oxygen atoms in total. The van der Waals surface area contributed by atoms with E-state index in [1.807, 2.05) is 11.8 Å². The summed E-state index contributed by atoms with van der Waals surface area (Å²) in [5.41, 5.74) is 0. The first-order valence-corrected chi connectivity index (χ1v) is 5.53. The van der Waals surface area contributed by atoms with Crippen LogP contribution in [0.15, 0.2) is 0 Å². The van der Waals surface area contributed by atoms with Gasteiger partial charge in [0.25, 0.3) is 0 Å². The first kappa shape index (κ1) is 9.11. The maximum atomic E-state index is 11.4. The number of carbonyl (C=O) groups excluding carboxylic acids is 1. The van der Waals surface area contributed by atoms with E-state index in [1.54, 1.807) is 0 Å². The van der Waals surface area contributed by atoms with Crippen LogP contribution < -0.4 is 0 Å². The predicted octanol–water partition coefficient (Wildman–Crippen LogP) is 2.64. The summed E-state index contributed by atoms with van der Waals surface area (Å²) in [6.07, 6.45) is 5.59. The summed E-state index contributed by atoms with van der Waals surface area (Å²) in [4.78, 5) is 11.4. The summed E-state index contributed by atoms with van der Waals surface area (Å²) in [6.45, 7) is 2.13. The fourth-order valence-corrected chi connectivity index (χ4v) is 2.54. The molecule has 64 valence electrons. The standard InChI is InChI=1S/C9H16OS/c1-2-11-9-7-5-3-4-6-8(9)10/h9H,2-7H2,1H3. The van der Waals surface area contributed by atoms with E-state index in [4.69, 9.17) is 0 Å². The SMILES string of the molecule is CCSC1CCCCCC1=O. The lowest BCUT2D eigenvalue weighted by atomic mass is 10.2. The van der Waals surface area contributed by atoms with Gasteiger partial charge in [-0.1, -0.05) is 19.8 Å². The van der Waals surface area contributed by atoms with Crippen molar-refractivity contribution in [1.82, 2.24) is 0 Å². The van der Waals surface area contributed by atoms with Gasteiger partial charge in [-0.25, -0.2) is 0 Å². The van der Waals surface area contributed by atoms with Gasteiger partial charge >= 0.3 is 0 Å². The fourth-order valence-electron chi connectivity index (χ4n) is 1.51. The third-order valence-electron chi connectivity index (χ3n) is 2.12. The van der Waals surface area contributed by atoms with Crippen molar-refractivity contribution in [3.63, 3.8) is 0 Å². The molecule has 0 aromatic rings. The number of Topliss-reactive ketones (excluding diaryl/α,β-unsaturated/α-hetero) is 1. The van der Waals surface area contributed by atoms with E-state index >= 15 is 0 Å². The normalized spacial score (nSPS) is 26.6. The van der Waals surface area contributed by atoms with Gasteiger partial charge in [0.15, 0.2) is 0 Å². The van der Waals surface area contributed by atoms with Gasteiger partial charge in [-0.3, -0.25) is 4.79 Å². The molecule has 0 amide bonds. The molecule has 0 heterocycles. The van der Waals surface area contributed by atoms with Crippen molar-refractivity contribution in [2.45, 2.75) is 44.3 Å². The van der Waals surface area contributed by atoms with Gasteiger partial charge in [-0.05, 0) is 18.6 Å². The summed E-state index contributed by atoms with van der Waals surface area (Å²) < 4.78 is 0. The molecule has 1 aliphatic rings. The van der Waals surface area contributed by atoms with Crippen LogP contribution in [0.2, 0.25) is 0 Å². The highest BCUT2D eigenvalue weighted by Gasteiger charge is 2.19. The minimum absolute atomic E-state index is 0.336. The molecule has 1 saturated carbocycles. The smallest absolute Gasteiger partial charge is 0.145 e. The van der Waals surface area contributed by atoms with Crippen LogP contribution >= 0.6 is 11.8 Å². The van der Waals surface area contributed by atoms with Crippen LogP contribution in [-0.4, -0.2) is 16.8 Å². The molecule has 0 aromatic carbocycles. The summed E-state index contributed by atoms with van der Waals surface area (Å²) in [6, 6.07) is 0. The molecule has 0 radical (unpaired) electrons. The van der Waals surface area contributed by atoms with Gasteiger partial charge in [0.1, 0.15) is 5.78 Å². The number of hydrogen-bond donors (Lipinski definition) is 0. The van der Waals surface area contributed by atoms with Crippen LogP contribution in [0.1, 0.15) is 39.0 Å². The van der Waals surface area contributed by atoms with Crippen LogP contribution in [0, 0.1) is 0 Å². The monoisotopic (exact) mass is 172 g/mol. The fraction of sp³-hybridized carbons (Fsp3) is 0.889. The van der Waals surface area contributed by atoms with Gasteiger partial charge in [-0.2, -0.15) is 11.8 Å². The highest BCUT2D eigenvalue weighted by Crippen LogP contribution is 2.24. The van der Waals surface area contributed by atoms with Gasteiger partial charge in [0.05, 0.1) is 5.25 Å². The second-order valence-corrected chi connectivity index (χ2v) is 4.49. The molecule has 0 bridgehead atoms. The number of ketones is 1. The molecule has 1 atom stereocenters. The second kappa shape index (κ2) is 4.81. The summed E-state index contributed by atoms with van der Waals surface area (Å²) in [7, 11) is 0. The van der Waals surface area contributed by atoms with Gasteiger partial charge < -0.3 is 0 Å². The van der Waals surface area contributed by atoms with Crippen LogP contribution in [-0.2, 0) is 4.79 Å². The number of thioether (sulfide) groups is 1. The zero-order valence-electron chi connectivity index (χ0n) is 7.14. The average Bonchev–Trinajstić information content (AvgIpc) is 2.18. The lowest BCUT2D eigenvalue weighted by molar-refractivity contribution is -0.118. The number of hydrogen-bond acceptors (Lipinski definition) is 2. The highest BCUT2D eigenvalue weighted by atomic mass is 32.2. The molecular formula is C9H16OS. The Bertz CT molecular complexity index is 134. The summed E-state index contributed by atoms with van der Waals surface area (Å²) in [5.74, 6) is 1.57. The van der Waals surface area contributed by atoms with E-state index in [1.165, 1.54) is 12.8 Å². The van der Waals surface area contributed by atoms with Crippen molar-refractivity contribution in [2.24, 2.45) is 0 Å². The number of carbonyl (C=O) groups is 1. The topological polar surface area (TPSA) is 17.1 Å². The Morgan fingerprint density at radius 2 is 2.27 bits per heavy atom. The Morgan fingerprint density at radius 1 is 1.45 bits per heavy atom. The van der Waals surface area contributed by atoms with Crippen molar-refractivity contribution in [3.8, 4) is 0 Å². The van der Waals surface area contributed by atoms with Crippen molar-refractivity contribution >= 4 is 17.5 Å². The van der Waals surface area contributed by atoms with Crippen LogP contribution in [0.25, 0.3) is 0 Å². The van der Waals surface area contributed by atoms with E-state index in [2.05, 4.69) is 6.92 Å². The molecule has 2 heteroatoms. The maximum absolute atomic E-state index is 11.4. The van der Waals surface area contributed by atoms with E-state index in [0.29, 0.717) is 11.0 Å². The van der Waals surface area contributed by atoms with E-state index in [0.717, 1.165) is 25.0 Å². The molecule has 0 aliphatic heterocycles. The molecular weight excluding hydrogens is 156 g/mol. The molecule has 1 aliphatic carbocycles. The molecule has 0 N–H and O–H groups in total. The minimum atomic E-state index is 0.336. The Hall–Kier alpha value is 0.0200. The number of rotatable bonds is 2. The largest absolute Gasteiger partial charge is 0.298 e. The Labute approximate surface area is 72.9 Å². The van der Waals surface area contributed by atoms with E-state index < -0.39 is 0 Å². The van der Waals surface area contributed by atoms with Gasteiger partial charge in [-0.15, -0.1) is 0 Å². The van der Waals surface area contributed by atoms with Crippen molar-refractivity contribution in [1.29, 1.82) is 0 Å². The molecule has 11 heavy (non-hydrogen) atoms. The van der Waals surface area contributed by atoms with Crippen LogP contribution in [0.4, 0.5) is 0 Å². The van der Waals surface area contributed by atoms with Gasteiger partial charge in [0, 0.05) is 6.42 Å². The summed E-state index contributed by atoms with van der Waals surface area (Å²) in [5, 5.41) is 0.336. The van der Waals surface area contributed by atoms with E-state index in [9.17, 15) is 4.79 Å². The average molecular weight is 172 g/mol. The molecule has 1 rings (SSSR count). The third kappa shape index (κ3) is 2.86. The quantitative estimate of drug-likeness (QED) is 0.596. The van der Waals surface area contributed by atoms with Crippen molar-refractivity contribution in [3.05, 3.63) is 0 Å². The zero-order chi connectivity index (χ0) is 8.10. The van der Waals surface area contributed by atoms with E-state index in [-0.39, 0.29) is 0 Å². The Kier molecular flexibility index (Phi) is 3.98. The molecule has 0 saturated heterocycles. The Morgan fingerprint density at radius 3 is 3.00 bits per heavy atom. The Balaban J connectivity index is 2.39. The maximum Gasteiger partial charge on any atom is 0.145 e. The molecule has 1 fully saturated rings. The summed E-state index contributed by atoms with van der Waals surface area (Å²) >= 11 is 1.82. The van der Waals surface area contributed by atoms with Gasteiger partial charge in [0.2, 0.25) is 0 Å². The lowest BCUT2D eigenvalue weighted by Crippen LogP contribution is -2.14. The minimum Gasteiger partial charge on any atom is -0.298 e. The highest BCUT2D eigenvalue weighted by molar-refractivity contribution is 8.00. The first-order chi connectivity index (χ1) is 5.34. The van der Waals surface area contributed by atoms with Crippen molar-refractivity contribution < 1.29 is 4.79 Å². The zero-order valence-corrected chi connectivity index (χ0v) is 7.95. The van der Waals surface area contributed by atoms with Crippen LogP contribution in [0.5, 0.6) is 0 Å². The molecule has 0 aromatic heterocycles. The van der Waals surface area contributed by atoms with Crippen LogP contribution in [0.3, 0.4) is 0 Å². The van der Waals surface area contributed by atoms with Crippen molar-refractivity contribution in [2.75, 3.05) is 5.75 Å². The molecule has 1 unspecified atom stereocenters. The lowest BCUT2D eigenvalue weighted by Gasteiger charge is -2.09. The first-order valence-electron chi connectivity index (χ1n) is 4.49. The molecule has 0 spiro atoms.